The van der Waals surface area contributed by atoms with E-state index in [1.807, 2.05) is 12.1 Å². The number of piperidine rings is 1. The number of hydrogen-bond acceptors (Lipinski definition) is 3. The van der Waals surface area contributed by atoms with E-state index < -0.39 is 0 Å². The first-order valence-electron chi connectivity index (χ1n) is 6.27. The number of likely N-dealkylation sites (tertiary alicyclic amines) is 1. The molecule has 1 aromatic carbocycles. The summed E-state index contributed by atoms with van der Waals surface area (Å²) < 4.78 is 0. The molecule has 0 radical (unpaired) electrons. The highest BCUT2D eigenvalue weighted by Crippen LogP contribution is 2.27. The van der Waals surface area contributed by atoms with E-state index >= 15 is 0 Å². The molecule has 1 fully saturated rings. The Hall–Kier alpha value is -0.810. The van der Waals surface area contributed by atoms with Crippen molar-refractivity contribution in [2.24, 2.45) is 11.8 Å². The number of hydrazine groups is 1. The van der Waals surface area contributed by atoms with Crippen LogP contribution in [0, 0.1) is 5.92 Å². The lowest BCUT2D eigenvalue weighted by Crippen LogP contribution is -2.44. The van der Waals surface area contributed by atoms with Crippen molar-refractivity contribution < 1.29 is 4.79 Å². The normalized spacial score (nSPS) is 20.3. The quantitative estimate of drug-likeness (QED) is 0.511. The largest absolute Gasteiger partial charge is 0.298 e. The van der Waals surface area contributed by atoms with Crippen LogP contribution in [0.15, 0.2) is 18.2 Å². The molecule has 4 nitrogen and oxygen atoms in total. The zero-order chi connectivity index (χ0) is 13.8. The third kappa shape index (κ3) is 3.60. The maximum absolute atomic E-state index is 11.6. The molecule has 1 heterocycles. The maximum Gasteiger partial charge on any atom is 0.238 e. The molecule has 0 bridgehead atoms. The van der Waals surface area contributed by atoms with E-state index in [9.17, 15) is 4.79 Å². The first-order valence-corrected chi connectivity index (χ1v) is 7.03. The van der Waals surface area contributed by atoms with Crippen molar-refractivity contribution in [3.8, 4) is 0 Å². The maximum atomic E-state index is 11.6. The molecule has 1 saturated heterocycles. The van der Waals surface area contributed by atoms with Crippen molar-refractivity contribution in [3.63, 3.8) is 0 Å². The van der Waals surface area contributed by atoms with E-state index in [0.29, 0.717) is 23.1 Å². The molecular weight excluding hydrogens is 285 g/mol. The minimum absolute atomic E-state index is 0.0447. The molecule has 1 aromatic rings. The predicted molar refractivity (Wildman–Crippen MR) is 76.8 cm³/mol. The van der Waals surface area contributed by atoms with E-state index in [1.54, 1.807) is 6.07 Å². The Labute approximate surface area is 122 Å². The van der Waals surface area contributed by atoms with E-state index in [0.717, 1.165) is 24.9 Å². The zero-order valence-electron chi connectivity index (χ0n) is 10.5. The molecule has 2 rings (SSSR count). The summed E-state index contributed by atoms with van der Waals surface area (Å²) >= 11 is 12.2. The molecule has 1 amide bonds. The van der Waals surface area contributed by atoms with E-state index in [2.05, 4.69) is 10.3 Å². The molecular formula is C13H17Cl2N3O. The molecule has 104 valence electrons. The lowest BCUT2D eigenvalue weighted by atomic mass is 9.97. The SMILES string of the molecule is NNC(=O)[C@H]1CCCN(Cc2cccc(Cl)c2Cl)C1. The molecule has 1 aliphatic rings. The summed E-state index contributed by atoms with van der Waals surface area (Å²) in [6.45, 7) is 2.36. The molecule has 1 atom stereocenters. The predicted octanol–water partition coefficient (Wildman–Crippen LogP) is 2.20. The first kappa shape index (κ1) is 14.6. The van der Waals surface area contributed by atoms with Gasteiger partial charge < -0.3 is 0 Å². The molecule has 1 aliphatic heterocycles. The van der Waals surface area contributed by atoms with Gasteiger partial charge in [-0.2, -0.15) is 0 Å². The summed E-state index contributed by atoms with van der Waals surface area (Å²) in [7, 11) is 0. The number of halogens is 2. The number of nitrogens with two attached hydrogens (primary N) is 1. The van der Waals surface area contributed by atoms with Gasteiger partial charge in [0.15, 0.2) is 0 Å². The lowest BCUT2D eigenvalue weighted by Gasteiger charge is -2.31. The highest BCUT2D eigenvalue weighted by atomic mass is 35.5. The van der Waals surface area contributed by atoms with Gasteiger partial charge in [-0.15, -0.1) is 0 Å². The summed E-state index contributed by atoms with van der Waals surface area (Å²) in [5.41, 5.74) is 3.22. The Morgan fingerprint density at radius 2 is 2.26 bits per heavy atom. The standard InChI is InChI=1S/C13H17Cl2N3O/c14-11-5-1-3-9(12(11)15)7-18-6-2-4-10(8-18)13(19)17-16/h1,3,5,10H,2,4,6-8,16H2,(H,17,19)/t10-/m0/s1. The second-order valence-electron chi connectivity index (χ2n) is 4.80. The van der Waals surface area contributed by atoms with Gasteiger partial charge in [0.2, 0.25) is 5.91 Å². The van der Waals surface area contributed by atoms with Crippen molar-refractivity contribution >= 4 is 29.1 Å². The summed E-state index contributed by atoms with van der Waals surface area (Å²) in [4.78, 5) is 13.8. The van der Waals surface area contributed by atoms with E-state index in [1.165, 1.54) is 0 Å². The third-order valence-electron chi connectivity index (χ3n) is 3.44. The summed E-state index contributed by atoms with van der Waals surface area (Å²) in [6, 6.07) is 5.62. The summed E-state index contributed by atoms with van der Waals surface area (Å²) in [5.74, 6) is 5.05. The average Bonchev–Trinajstić information content (AvgIpc) is 2.43. The van der Waals surface area contributed by atoms with Crippen LogP contribution in [0.2, 0.25) is 10.0 Å². The van der Waals surface area contributed by atoms with Gasteiger partial charge in [0.1, 0.15) is 0 Å². The number of hydrogen-bond donors (Lipinski definition) is 2. The average molecular weight is 302 g/mol. The summed E-state index contributed by atoms with van der Waals surface area (Å²) in [5, 5.41) is 1.15. The molecule has 19 heavy (non-hydrogen) atoms. The fourth-order valence-electron chi connectivity index (χ4n) is 2.44. The molecule has 0 aromatic heterocycles. The van der Waals surface area contributed by atoms with Gasteiger partial charge in [0, 0.05) is 13.1 Å². The Kier molecular flexibility index (Phi) is 5.05. The Balaban J connectivity index is 2.03. The van der Waals surface area contributed by atoms with Crippen LogP contribution in [0.3, 0.4) is 0 Å². The monoisotopic (exact) mass is 301 g/mol. The minimum atomic E-state index is -0.0955. The number of benzene rings is 1. The second kappa shape index (κ2) is 6.57. The highest BCUT2D eigenvalue weighted by Gasteiger charge is 2.25. The Morgan fingerprint density at radius 3 is 3.00 bits per heavy atom. The molecule has 0 unspecified atom stereocenters. The van der Waals surface area contributed by atoms with Crippen LogP contribution < -0.4 is 11.3 Å². The number of carbonyl (C=O) groups is 1. The van der Waals surface area contributed by atoms with Crippen molar-refractivity contribution in [2.75, 3.05) is 13.1 Å². The topological polar surface area (TPSA) is 58.4 Å². The lowest BCUT2D eigenvalue weighted by molar-refractivity contribution is -0.126. The van der Waals surface area contributed by atoms with Crippen LogP contribution in [0.4, 0.5) is 0 Å². The van der Waals surface area contributed by atoms with E-state index in [4.69, 9.17) is 29.0 Å². The van der Waals surface area contributed by atoms with Crippen LogP contribution in [-0.4, -0.2) is 23.9 Å². The summed E-state index contributed by atoms with van der Waals surface area (Å²) in [6.07, 6.45) is 1.86. The van der Waals surface area contributed by atoms with Crippen LogP contribution >= 0.6 is 23.2 Å². The van der Waals surface area contributed by atoms with Crippen molar-refractivity contribution in [1.29, 1.82) is 0 Å². The van der Waals surface area contributed by atoms with Crippen molar-refractivity contribution in [3.05, 3.63) is 33.8 Å². The number of carbonyl (C=O) groups excluding carboxylic acids is 1. The Bertz CT molecular complexity index is 467. The molecule has 6 heteroatoms. The number of rotatable bonds is 3. The van der Waals surface area contributed by atoms with Crippen LogP contribution in [0.25, 0.3) is 0 Å². The van der Waals surface area contributed by atoms with Gasteiger partial charge in [-0.25, -0.2) is 5.84 Å². The van der Waals surface area contributed by atoms with Gasteiger partial charge in [-0.05, 0) is 31.0 Å². The first-order chi connectivity index (χ1) is 9.11. The smallest absolute Gasteiger partial charge is 0.238 e. The third-order valence-corrected chi connectivity index (χ3v) is 4.30. The molecule has 0 saturated carbocycles. The van der Waals surface area contributed by atoms with Gasteiger partial charge in [0.25, 0.3) is 0 Å². The van der Waals surface area contributed by atoms with Gasteiger partial charge in [-0.3, -0.25) is 15.1 Å². The van der Waals surface area contributed by atoms with Crippen LogP contribution in [0.1, 0.15) is 18.4 Å². The minimum Gasteiger partial charge on any atom is -0.298 e. The van der Waals surface area contributed by atoms with Crippen LogP contribution in [-0.2, 0) is 11.3 Å². The van der Waals surface area contributed by atoms with Gasteiger partial charge >= 0.3 is 0 Å². The Morgan fingerprint density at radius 1 is 1.47 bits per heavy atom. The van der Waals surface area contributed by atoms with E-state index in [-0.39, 0.29) is 11.8 Å². The number of nitrogens with one attached hydrogen (secondary N) is 1. The fourth-order valence-corrected chi connectivity index (χ4v) is 2.82. The van der Waals surface area contributed by atoms with Gasteiger partial charge in [-0.1, -0.05) is 35.3 Å². The second-order valence-corrected chi connectivity index (χ2v) is 5.58. The van der Waals surface area contributed by atoms with Crippen molar-refractivity contribution in [2.45, 2.75) is 19.4 Å². The zero-order valence-corrected chi connectivity index (χ0v) is 12.0. The van der Waals surface area contributed by atoms with Crippen molar-refractivity contribution in [1.82, 2.24) is 10.3 Å². The van der Waals surface area contributed by atoms with Gasteiger partial charge in [0.05, 0.1) is 16.0 Å². The molecule has 0 aliphatic carbocycles. The highest BCUT2D eigenvalue weighted by molar-refractivity contribution is 6.42. The molecule has 3 N–H and O–H groups in total. The number of amides is 1. The fraction of sp³-hybridized carbons (Fsp3) is 0.462. The molecule has 0 spiro atoms. The number of nitrogens with zero attached hydrogens (tertiary/aromatic N) is 1. The van der Waals surface area contributed by atoms with Crippen LogP contribution in [0.5, 0.6) is 0 Å².